The zero-order valence-electron chi connectivity index (χ0n) is 9.59. The standard InChI is InChI=1S/C12H13N3OS/c1-16-11-4-2-10(3-5-11)8-15-6-7-17-12(15)14-9-13/h2-5H,6-8H2,1H3. The third kappa shape index (κ3) is 2.92. The highest BCUT2D eigenvalue weighted by Gasteiger charge is 2.19. The number of hydrogen-bond donors (Lipinski definition) is 0. The van der Waals surface area contributed by atoms with E-state index >= 15 is 0 Å². The van der Waals surface area contributed by atoms with Gasteiger partial charge in [0.2, 0.25) is 6.19 Å². The number of amidine groups is 1. The summed E-state index contributed by atoms with van der Waals surface area (Å²) in [5, 5.41) is 9.41. The van der Waals surface area contributed by atoms with Crippen molar-refractivity contribution in [1.82, 2.24) is 4.90 Å². The van der Waals surface area contributed by atoms with Crippen LogP contribution in [0.3, 0.4) is 0 Å². The molecule has 1 heterocycles. The average Bonchev–Trinajstić information content (AvgIpc) is 2.78. The predicted molar refractivity (Wildman–Crippen MR) is 68.9 cm³/mol. The Hall–Kier alpha value is -1.67. The number of methoxy groups -OCH3 is 1. The van der Waals surface area contributed by atoms with Crippen molar-refractivity contribution in [3.05, 3.63) is 29.8 Å². The molecule has 0 atom stereocenters. The first-order valence-corrected chi connectivity index (χ1v) is 6.29. The van der Waals surface area contributed by atoms with Gasteiger partial charge in [-0.15, -0.1) is 4.99 Å². The molecule has 0 aliphatic carbocycles. The van der Waals surface area contributed by atoms with Gasteiger partial charge in [0.05, 0.1) is 7.11 Å². The maximum atomic E-state index is 8.58. The Bertz CT molecular complexity index is 450. The molecule has 0 saturated carbocycles. The summed E-state index contributed by atoms with van der Waals surface area (Å²) in [5.74, 6) is 1.85. The molecule has 0 spiro atoms. The predicted octanol–water partition coefficient (Wildman–Crippen LogP) is 2.08. The van der Waals surface area contributed by atoms with E-state index < -0.39 is 0 Å². The van der Waals surface area contributed by atoms with E-state index in [1.165, 1.54) is 5.56 Å². The fraction of sp³-hybridized carbons (Fsp3) is 0.333. The van der Waals surface area contributed by atoms with Crippen LogP contribution >= 0.6 is 11.8 Å². The van der Waals surface area contributed by atoms with Crippen LogP contribution in [0, 0.1) is 11.5 Å². The van der Waals surface area contributed by atoms with Crippen LogP contribution in [0.4, 0.5) is 0 Å². The summed E-state index contributed by atoms with van der Waals surface area (Å²) < 4.78 is 5.11. The van der Waals surface area contributed by atoms with Gasteiger partial charge in [0.25, 0.3) is 0 Å². The SMILES string of the molecule is COc1ccc(CN2CCSC2=NC#N)cc1. The molecule has 1 saturated heterocycles. The van der Waals surface area contributed by atoms with Crippen LogP contribution in [-0.2, 0) is 6.54 Å². The Morgan fingerprint density at radius 3 is 2.88 bits per heavy atom. The summed E-state index contributed by atoms with van der Waals surface area (Å²) in [7, 11) is 1.66. The molecule has 1 aliphatic rings. The molecule has 88 valence electrons. The normalized spacial score (nSPS) is 17.2. The summed E-state index contributed by atoms with van der Waals surface area (Å²) in [6.45, 7) is 1.73. The van der Waals surface area contributed by atoms with E-state index in [1.807, 2.05) is 30.5 Å². The maximum Gasteiger partial charge on any atom is 0.208 e. The van der Waals surface area contributed by atoms with Crippen LogP contribution in [-0.4, -0.2) is 29.5 Å². The molecular formula is C12H13N3OS. The third-order valence-corrected chi connectivity index (χ3v) is 3.54. The summed E-state index contributed by atoms with van der Waals surface area (Å²) in [6, 6.07) is 7.96. The molecule has 1 aromatic carbocycles. The van der Waals surface area contributed by atoms with E-state index in [4.69, 9.17) is 10.00 Å². The number of nitriles is 1. The topological polar surface area (TPSA) is 48.6 Å². The minimum atomic E-state index is 0.789. The van der Waals surface area contributed by atoms with Crippen molar-refractivity contribution in [1.29, 1.82) is 5.26 Å². The van der Waals surface area contributed by atoms with E-state index in [1.54, 1.807) is 18.9 Å². The summed E-state index contributed by atoms with van der Waals surface area (Å²) in [6.07, 6.45) is 1.85. The molecule has 4 nitrogen and oxygen atoms in total. The van der Waals surface area contributed by atoms with Gasteiger partial charge in [0, 0.05) is 18.8 Å². The first kappa shape index (κ1) is 11.8. The van der Waals surface area contributed by atoms with E-state index in [2.05, 4.69) is 9.89 Å². The second-order valence-corrected chi connectivity index (χ2v) is 4.67. The quantitative estimate of drug-likeness (QED) is 0.767. The van der Waals surface area contributed by atoms with Crippen molar-refractivity contribution < 1.29 is 4.74 Å². The van der Waals surface area contributed by atoms with E-state index in [0.29, 0.717) is 0 Å². The lowest BCUT2D eigenvalue weighted by Gasteiger charge is -2.16. The number of thioether (sulfide) groups is 1. The highest BCUT2D eigenvalue weighted by molar-refractivity contribution is 8.14. The first-order chi connectivity index (χ1) is 8.33. The zero-order valence-corrected chi connectivity index (χ0v) is 10.4. The molecule has 0 amide bonds. The Morgan fingerprint density at radius 1 is 1.47 bits per heavy atom. The highest BCUT2D eigenvalue weighted by atomic mass is 32.2. The van der Waals surface area contributed by atoms with Gasteiger partial charge in [-0.2, -0.15) is 5.26 Å². The molecule has 1 fully saturated rings. The number of aliphatic imine (C=N–C) groups is 1. The number of hydrogen-bond acceptors (Lipinski definition) is 4. The second-order valence-electron chi connectivity index (χ2n) is 3.61. The molecule has 17 heavy (non-hydrogen) atoms. The number of nitrogens with zero attached hydrogens (tertiary/aromatic N) is 3. The minimum absolute atomic E-state index is 0.789. The van der Waals surface area contributed by atoms with Gasteiger partial charge in [-0.05, 0) is 17.7 Å². The molecule has 0 unspecified atom stereocenters. The van der Waals surface area contributed by atoms with Crippen LogP contribution in [0.15, 0.2) is 29.3 Å². The van der Waals surface area contributed by atoms with Crippen molar-refractivity contribution in [2.24, 2.45) is 4.99 Å². The third-order valence-electron chi connectivity index (χ3n) is 2.54. The van der Waals surface area contributed by atoms with Gasteiger partial charge in [-0.25, -0.2) is 0 Å². The average molecular weight is 247 g/mol. The van der Waals surface area contributed by atoms with Crippen LogP contribution in [0.2, 0.25) is 0 Å². The molecular weight excluding hydrogens is 234 g/mol. The summed E-state index contributed by atoms with van der Waals surface area (Å²) in [4.78, 5) is 5.94. The van der Waals surface area contributed by atoms with Crippen LogP contribution < -0.4 is 4.74 Å². The van der Waals surface area contributed by atoms with Crippen molar-refractivity contribution >= 4 is 16.9 Å². The van der Waals surface area contributed by atoms with E-state index in [0.717, 1.165) is 29.8 Å². The molecule has 1 aromatic rings. The lowest BCUT2D eigenvalue weighted by molar-refractivity contribution is 0.413. The lowest BCUT2D eigenvalue weighted by Crippen LogP contribution is -2.23. The fourth-order valence-electron chi connectivity index (χ4n) is 1.68. The van der Waals surface area contributed by atoms with Crippen molar-refractivity contribution in [3.63, 3.8) is 0 Å². The largest absolute Gasteiger partial charge is 0.497 e. The Kier molecular flexibility index (Phi) is 3.89. The van der Waals surface area contributed by atoms with Crippen molar-refractivity contribution in [3.8, 4) is 11.9 Å². The van der Waals surface area contributed by atoms with Crippen LogP contribution in [0.5, 0.6) is 5.75 Å². The second kappa shape index (κ2) is 5.60. The van der Waals surface area contributed by atoms with Gasteiger partial charge >= 0.3 is 0 Å². The van der Waals surface area contributed by atoms with Gasteiger partial charge in [0.15, 0.2) is 5.17 Å². The number of rotatable bonds is 3. The van der Waals surface area contributed by atoms with E-state index in [-0.39, 0.29) is 0 Å². The van der Waals surface area contributed by atoms with Crippen molar-refractivity contribution in [2.45, 2.75) is 6.54 Å². The maximum absolute atomic E-state index is 8.58. The van der Waals surface area contributed by atoms with Crippen LogP contribution in [0.25, 0.3) is 0 Å². The molecule has 1 aliphatic heterocycles. The molecule has 5 heteroatoms. The highest BCUT2D eigenvalue weighted by Crippen LogP contribution is 2.21. The Labute approximate surface area is 105 Å². The zero-order chi connectivity index (χ0) is 12.1. The smallest absolute Gasteiger partial charge is 0.208 e. The van der Waals surface area contributed by atoms with Crippen molar-refractivity contribution in [2.75, 3.05) is 19.4 Å². The van der Waals surface area contributed by atoms with Gasteiger partial charge in [-0.3, -0.25) is 0 Å². The van der Waals surface area contributed by atoms with Gasteiger partial charge in [0.1, 0.15) is 5.75 Å². The first-order valence-electron chi connectivity index (χ1n) is 5.31. The fourth-order valence-corrected chi connectivity index (χ4v) is 2.62. The molecule has 0 N–H and O–H groups in total. The van der Waals surface area contributed by atoms with Gasteiger partial charge in [-0.1, -0.05) is 23.9 Å². The Balaban J connectivity index is 2.05. The molecule has 2 rings (SSSR count). The van der Waals surface area contributed by atoms with Gasteiger partial charge < -0.3 is 9.64 Å². The summed E-state index contributed by atoms with van der Waals surface area (Å²) >= 11 is 1.63. The lowest BCUT2D eigenvalue weighted by atomic mass is 10.2. The monoisotopic (exact) mass is 247 g/mol. The number of ether oxygens (including phenoxy) is 1. The molecule has 0 radical (unpaired) electrons. The minimum Gasteiger partial charge on any atom is -0.497 e. The van der Waals surface area contributed by atoms with E-state index in [9.17, 15) is 0 Å². The molecule has 0 aromatic heterocycles. The van der Waals surface area contributed by atoms with Crippen LogP contribution in [0.1, 0.15) is 5.56 Å². The Morgan fingerprint density at radius 2 is 2.24 bits per heavy atom. The summed E-state index contributed by atoms with van der Waals surface area (Å²) in [5.41, 5.74) is 1.19. The number of benzene rings is 1. The molecule has 0 bridgehead atoms.